The monoisotopic (exact) mass is 230 g/mol. The first-order chi connectivity index (χ1) is 7.16. The Kier molecular flexibility index (Phi) is 5.47. The molecule has 1 rings (SSSR count). The molecular formula is C11H22N2OS. The van der Waals surface area contributed by atoms with Crippen LogP contribution < -0.4 is 5.32 Å². The van der Waals surface area contributed by atoms with Crippen molar-refractivity contribution in [2.75, 3.05) is 31.1 Å². The van der Waals surface area contributed by atoms with Gasteiger partial charge in [0.15, 0.2) is 0 Å². The number of amides is 1. The molecule has 15 heavy (non-hydrogen) atoms. The summed E-state index contributed by atoms with van der Waals surface area (Å²) in [7, 11) is 0. The van der Waals surface area contributed by atoms with E-state index < -0.39 is 0 Å². The Bertz CT molecular complexity index is 211. The maximum Gasteiger partial charge on any atom is 0.226 e. The number of carbonyl (C=O) groups is 1. The van der Waals surface area contributed by atoms with Crippen molar-refractivity contribution in [2.45, 2.75) is 26.8 Å². The lowest BCUT2D eigenvalue weighted by Crippen LogP contribution is -2.48. The third-order valence-corrected chi connectivity index (χ3v) is 3.96. The van der Waals surface area contributed by atoms with E-state index in [2.05, 4.69) is 19.2 Å². The first kappa shape index (κ1) is 12.8. The van der Waals surface area contributed by atoms with Crippen molar-refractivity contribution in [1.29, 1.82) is 0 Å². The molecule has 1 N–H and O–H groups in total. The van der Waals surface area contributed by atoms with Crippen LogP contribution in [0, 0.1) is 5.92 Å². The van der Waals surface area contributed by atoms with Gasteiger partial charge in [0.05, 0.1) is 0 Å². The van der Waals surface area contributed by atoms with Crippen LogP contribution in [0.15, 0.2) is 0 Å². The SMILES string of the molecule is CCNCC(C)C(=O)N1CCSCC1C. The van der Waals surface area contributed by atoms with Gasteiger partial charge in [-0.2, -0.15) is 11.8 Å². The van der Waals surface area contributed by atoms with E-state index in [0.29, 0.717) is 11.9 Å². The van der Waals surface area contributed by atoms with Gasteiger partial charge in [-0.25, -0.2) is 0 Å². The predicted molar refractivity (Wildman–Crippen MR) is 66.2 cm³/mol. The second-order valence-corrected chi connectivity index (χ2v) is 5.31. The van der Waals surface area contributed by atoms with E-state index in [1.165, 1.54) is 0 Å². The largest absolute Gasteiger partial charge is 0.338 e. The van der Waals surface area contributed by atoms with E-state index in [-0.39, 0.29) is 5.92 Å². The highest BCUT2D eigenvalue weighted by atomic mass is 32.2. The van der Waals surface area contributed by atoms with Gasteiger partial charge in [0.2, 0.25) is 5.91 Å². The van der Waals surface area contributed by atoms with Gasteiger partial charge in [0, 0.05) is 36.6 Å². The summed E-state index contributed by atoms with van der Waals surface area (Å²) in [4.78, 5) is 14.1. The highest BCUT2D eigenvalue weighted by Crippen LogP contribution is 2.17. The summed E-state index contributed by atoms with van der Waals surface area (Å²) < 4.78 is 0. The Balaban J connectivity index is 2.43. The smallest absolute Gasteiger partial charge is 0.226 e. The zero-order chi connectivity index (χ0) is 11.3. The first-order valence-corrected chi connectivity index (χ1v) is 6.91. The molecule has 3 nitrogen and oxygen atoms in total. The molecule has 0 radical (unpaired) electrons. The molecule has 0 saturated carbocycles. The van der Waals surface area contributed by atoms with Crippen LogP contribution in [0.1, 0.15) is 20.8 Å². The summed E-state index contributed by atoms with van der Waals surface area (Å²) in [6.07, 6.45) is 0. The average Bonchev–Trinajstić information content (AvgIpc) is 2.25. The molecule has 1 saturated heterocycles. The van der Waals surface area contributed by atoms with Crippen molar-refractivity contribution >= 4 is 17.7 Å². The topological polar surface area (TPSA) is 32.3 Å². The number of carbonyl (C=O) groups excluding carboxylic acids is 1. The van der Waals surface area contributed by atoms with Crippen molar-refractivity contribution in [3.8, 4) is 0 Å². The van der Waals surface area contributed by atoms with Crippen LogP contribution in [-0.2, 0) is 4.79 Å². The van der Waals surface area contributed by atoms with Crippen LogP contribution in [-0.4, -0.2) is 48.0 Å². The zero-order valence-electron chi connectivity index (χ0n) is 9.95. The van der Waals surface area contributed by atoms with Crippen LogP contribution in [0.5, 0.6) is 0 Å². The molecule has 1 heterocycles. The maximum atomic E-state index is 12.1. The summed E-state index contributed by atoms with van der Waals surface area (Å²) in [5, 5.41) is 3.23. The van der Waals surface area contributed by atoms with Gasteiger partial charge >= 0.3 is 0 Å². The fourth-order valence-corrected chi connectivity index (χ4v) is 2.80. The molecule has 1 aliphatic rings. The van der Waals surface area contributed by atoms with Crippen molar-refractivity contribution in [3.05, 3.63) is 0 Å². The Morgan fingerprint density at radius 1 is 1.67 bits per heavy atom. The Morgan fingerprint density at radius 2 is 2.40 bits per heavy atom. The normalized spacial score (nSPS) is 23.9. The Hall–Kier alpha value is -0.220. The van der Waals surface area contributed by atoms with Gasteiger partial charge < -0.3 is 10.2 Å². The summed E-state index contributed by atoms with van der Waals surface area (Å²) >= 11 is 1.94. The predicted octanol–water partition coefficient (Wildman–Crippen LogP) is 1.20. The van der Waals surface area contributed by atoms with E-state index >= 15 is 0 Å². The number of nitrogens with one attached hydrogen (secondary N) is 1. The van der Waals surface area contributed by atoms with Crippen LogP contribution in [0.3, 0.4) is 0 Å². The van der Waals surface area contributed by atoms with Gasteiger partial charge in [-0.05, 0) is 13.5 Å². The first-order valence-electron chi connectivity index (χ1n) is 5.75. The lowest BCUT2D eigenvalue weighted by atomic mass is 10.1. The molecule has 0 aromatic heterocycles. The summed E-state index contributed by atoms with van der Waals surface area (Å²) in [6.45, 7) is 8.87. The van der Waals surface area contributed by atoms with Crippen LogP contribution in [0.4, 0.5) is 0 Å². The molecule has 0 aromatic carbocycles. The number of rotatable bonds is 4. The van der Waals surface area contributed by atoms with Gasteiger partial charge in [0.1, 0.15) is 0 Å². The minimum absolute atomic E-state index is 0.107. The van der Waals surface area contributed by atoms with E-state index in [1.807, 2.05) is 23.6 Å². The van der Waals surface area contributed by atoms with E-state index in [1.54, 1.807) is 0 Å². The second-order valence-electron chi connectivity index (χ2n) is 4.16. The molecular weight excluding hydrogens is 208 g/mol. The van der Waals surface area contributed by atoms with Crippen LogP contribution >= 0.6 is 11.8 Å². The highest BCUT2D eigenvalue weighted by molar-refractivity contribution is 7.99. The molecule has 0 aliphatic carbocycles. The van der Waals surface area contributed by atoms with Gasteiger partial charge in [-0.1, -0.05) is 13.8 Å². The minimum Gasteiger partial charge on any atom is -0.338 e. The quantitative estimate of drug-likeness (QED) is 0.787. The molecule has 0 bridgehead atoms. The molecule has 1 amide bonds. The standard InChI is InChI=1S/C11H22N2OS/c1-4-12-7-9(2)11(14)13-5-6-15-8-10(13)3/h9-10,12H,4-8H2,1-3H3. The lowest BCUT2D eigenvalue weighted by Gasteiger charge is -2.35. The third kappa shape index (κ3) is 3.68. The van der Waals surface area contributed by atoms with Crippen molar-refractivity contribution in [3.63, 3.8) is 0 Å². The number of hydrogen-bond acceptors (Lipinski definition) is 3. The average molecular weight is 230 g/mol. The molecule has 1 fully saturated rings. The van der Waals surface area contributed by atoms with Crippen LogP contribution in [0.25, 0.3) is 0 Å². The number of nitrogens with zero attached hydrogens (tertiary/aromatic N) is 1. The molecule has 1 aliphatic heterocycles. The molecule has 0 spiro atoms. The van der Waals surface area contributed by atoms with Crippen LogP contribution in [0.2, 0.25) is 0 Å². The summed E-state index contributed by atoms with van der Waals surface area (Å²) in [5.74, 6) is 2.59. The molecule has 0 aromatic rings. The fraction of sp³-hybridized carbons (Fsp3) is 0.909. The summed E-state index contributed by atoms with van der Waals surface area (Å²) in [5.41, 5.74) is 0. The van der Waals surface area contributed by atoms with Gasteiger partial charge in [-0.3, -0.25) is 4.79 Å². The molecule has 2 unspecified atom stereocenters. The van der Waals surface area contributed by atoms with Crippen molar-refractivity contribution < 1.29 is 4.79 Å². The Labute approximate surface area is 97.0 Å². The van der Waals surface area contributed by atoms with Crippen molar-refractivity contribution in [2.24, 2.45) is 5.92 Å². The number of thioether (sulfide) groups is 1. The lowest BCUT2D eigenvalue weighted by molar-refractivity contribution is -0.136. The van der Waals surface area contributed by atoms with Crippen molar-refractivity contribution in [1.82, 2.24) is 10.2 Å². The Morgan fingerprint density at radius 3 is 3.00 bits per heavy atom. The summed E-state index contributed by atoms with van der Waals surface area (Å²) in [6, 6.07) is 0.403. The molecule has 88 valence electrons. The van der Waals surface area contributed by atoms with E-state index in [9.17, 15) is 4.79 Å². The molecule has 2 atom stereocenters. The third-order valence-electron chi connectivity index (χ3n) is 2.77. The van der Waals surface area contributed by atoms with E-state index in [4.69, 9.17) is 0 Å². The molecule has 4 heteroatoms. The minimum atomic E-state index is 0.107. The van der Waals surface area contributed by atoms with Gasteiger partial charge in [0.25, 0.3) is 0 Å². The maximum absolute atomic E-state index is 12.1. The second kappa shape index (κ2) is 6.38. The van der Waals surface area contributed by atoms with E-state index in [0.717, 1.165) is 31.1 Å². The van der Waals surface area contributed by atoms with Gasteiger partial charge in [-0.15, -0.1) is 0 Å². The fourth-order valence-electron chi connectivity index (χ4n) is 1.79. The zero-order valence-corrected chi connectivity index (χ0v) is 10.8. The number of hydrogen-bond donors (Lipinski definition) is 1. The highest BCUT2D eigenvalue weighted by Gasteiger charge is 2.26.